The van der Waals surface area contributed by atoms with Crippen LogP contribution in [-0.2, 0) is 5.60 Å². The van der Waals surface area contributed by atoms with Crippen molar-refractivity contribution in [2.24, 2.45) is 0 Å². The molecule has 0 aromatic heterocycles. The molecule has 0 spiro atoms. The molecule has 2 aliphatic heterocycles. The van der Waals surface area contributed by atoms with E-state index >= 15 is 0 Å². The Hall–Kier alpha value is -0.280. The predicted octanol–water partition coefficient (Wildman–Crippen LogP) is 3.44. The summed E-state index contributed by atoms with van der Waals surface area (Å²) >= 11 is 12.4. The number of fused-ring (bicyclic) bond motifs is 1. The normalized spacial score (nSPS) is 32.5. The molecule has 0 saturated carbocycles. The summed E-state index contributed by atoms with van der Waals surface area (Å²) in [5.41, 5.74) is -0.0337. The Kier molecular flexibility index (Phi) is 3.31. The highest BCUT2D eigenvalue weighted by molar-refractivity contribution is 6.42. The molecule has 0 radical (unpaired) electrons. The van der Waals surface area contributed by atoms with E-state index in [1.54, 1.807) is 6.07 Å². The number of halogens is 2. The second-order valence-electron chi connectivity index (χ2n) is 5.32. The van der Waals surface area contributed by atoms with Crippen molar-refractivity contribution in [1.29, 1.82) is 0 Å². The number of benzene rings is 1. The van der Waals surface area contributed by atoms with Gasteiger partial charge in [0.25, 0.3) is 0 Å². The van der Waals surface area contributed by atoms with E-state index in [2.05, 4.69) is 4.90 Å². The first kappa shape index (κ1) is 12.7. The minimum absolute atomic E-state index is 0.196. The summed E-state index contributed by atoms with van der Waals surface area (Å²) in [5, 5.41) is 12.1. The first-order valence-corrected chi connectivity index (χ1v) is 7.29. The molecule has 0 amide bonds. The van der Waals surface area contributed by atoms with E-state index in [1.165, 1.54) is 12.8 Å². The fourth-order valence-electron chi connectivity index (χ4n) is 3.43. The van der Waals surface area contributed by atoms with Crippen LogP contribution in [0.1, 0.15) is 31.2 Å². The van der Waals surface area contributed by atoms with Crippen molar-refractivity contribution in [2.45, 2.75) is 37.3 Å². The lowest BCUT2D eigenvalue weighted by Crippen LogP contribution is -2.45. The number of hydrogen-bond acceptors (Lipinski definition) is 2. The minimum atomic E-state index is -0.831. The highest BCUT2D eigenvalue weighted by atomic mass is 35.5. The van der Waals surface area contributed by atoms with E-state index in [0.29, 0.717) is 10.0 Å². The van der Waals surface area contributed by atoms with E-state index in [1.807, 2.05) is 12.1 Å². The van der Waals surface area contributed by atoms with E-state index in [4.69, 9.17) is 23.2 Å². The number of aliphatic hydroxyl groups is 1. The molecule has 1 N–H and O–H groups in total. The second-order valence-corrected chi connectivity index (χ2v) is 6.11. The fourth-order valence-corrected chi connectivity index (χ4v) is 3.90. The molecule has 2 heterocycles. The third-order valence-corrected chi connectivity index (χ3v) is 5.18. The highest BCUT2D eigenvalue weighted by Crippen LogP contribution is 2.45. The van der Waals surface area contributed by atoms with Crippen LogP contribution in [0, 0.1) is 0 Å². The van der Waals surface area contributed by atoms with E-state index in [-0.39, 0.29) is 6.04 Å². The Morgan fingerprint density at radius 2 is 2.06 bits per heavy atom. The quantitative estimate of drug-likeness (QED) is 0.855. The van der Waals surface area contributed by atoms with E-state index in [0.717, 1.165) is 31.5 Å². The third kappa shape index (κ3) is 1.87. The van der Waals surface area contributed by atoms with Gasteiger partial charge in [0.1, 0.15) is 5.60 Å². The summed E-state index contributed by atoms with van der Waals surface area (Å²) in [5.74, 6) is 0. The highest BCUT2D eigenvalue weighted by Gasteiger charge is 2.48. The summed E-state index contributed by atoms with van der Waals surface area (Å²) in [6, 6.07) is 5.74. The summed E-state index contributed by atoms with van der Waals surface area (Å²) in [7, 11) is 0. The summed E-state index contributed by atoms with van der Waals surface area (Å²) in [6.07, 6.45) is 4.20. The van der Waals surface area contributed by atoms with Gasteiger partial charge < -0.3 is 5.11 Å². The topological polar surface area (TPSA) is 23.5 Å². The van der Waals surface area contributed by atoms with Crippen LogP contribution in [0.5, 0.6) is 0 Å². The predicted molar refractivity (Wildman–Crippen MR) is 74.2 cm³/mol. The molecule has 4 heteroatoms. The maximum Gasteiger partial charge on any atom is 0.108 e. The molecule has 1 aromatic rings. The Morgan fingerprint density at radius 1 is 1.22 bits per heavy atom. The maximum atomic E-state index is 11.1. The van der Waals surface area contributed by atoms with E-state index in [9.17, 15) is 5.11 Å². The number of piperidine rings is 1. The van der Waals surface area contributed by atoms with Gasteiger partial charge in [-0.15, -0.1) is 0 Å². The first-order chi connectivity index (χ1) is 8.63. The van der Waals surface area contributed by atoms with Gasteiger partial charge in [-0.25, -0.2) is 0 Å². The van der Waals surface area contributed by atoms with Crippen LogP contribution >= 0.6 is 23.2 Å². The first-order valence-electron chi connectivity index (χ1n) is 6.54. The zero-order valence-electron chi connectivity index (χ0n) is 10.2. The zero-order chi connectivity index (χ0) is 12.8. The zero-order valence-corrected chi connectivity index (χ0v) is 11.7. The molecule has 2 saturated heterocycles. The number of nitrogens with zero attached hydrogens (tertiary/aromatic N) is 1. The van der Waals surface area contributed by atoms with Crippen molar-refractivity contribution >= 4 is 23.2 Å². The smallest absolute Gasteiger partial charge is 0.108 e. The van der Waals surface area contributed by atoms with Gasteiger partial charge in [-0.3, -0.25) is 4.90 Å². The minimum Gasteiger partial charge on any atom is -0.383 e. The standard InChI is InChI=1S/C14H17Cl2NO/c15-11-5-3-4-10(13(11)16)14(18)7-9-17-8-2-1-6-12(14)17/h3-5,12,18H,1-2,6-9H2. The number of rotatable bonds is 1. The van der Waals surface area contributed by atoms with Crippen LogP contribution in [0.3, 0.4) is 0 Å². The average molecular weight is 286 g/mol. The van der Waals surface area contributed by atoms with Crippen LogP contribution in [-0.4, -0.2) is 29.1 Å². The van der Waals surface area contributed by atoms with Crippen LogP contribution in [0.15, 0.2) is 18.2 Å². The maximum absolute atomic E-state index is 11.1. The average Bonchev–Trinajstić information content (AvgIpc) is 2.72. The van der Waals surface area contributed by atoms with Crippen LogP contribution < -0.4 is 0 Å². The monoisotopic (exact) mass is 285 g/mol. The number of hydrogen-bond donors (Lipinski definition) is 1. The van der Waals surface area contributed by atoms with Gasteiger partial charge in [-0.05, 0) is 31.9 Å². The SMILES string of the molecule is OC1(c2cccc(Cl)c2Cl)CCN2CCCCC21. The van der Waals surface area contributed by atoms with Gasteiger partial charge in [0.2, 0.25) is 0 Å². The molecular weight excluding hydrogens is 269 g/mol. The summed E-state index contributed by atoms with van der Waals surface area (Å²) < 4.78 is 0. The van der Waals surface area contributed by atoms with Crippen molar-refractivity contribution in [3.05, 3.63) is 33.8 Å². The molecule has 2 nitrogen and oxygen atoms in total. The van der Waals surface area contributed by atoms with Crippen LogP contribution in [0.25, 0.3) is 0 Å². The van der Waals surface area contributed by atoms with Crippen LogP contribution in [0.4, 0.5) is 0 Å². The van der Waals surface area contributed by atoms with Gasteiger partial charge in [0, 0.05) is 18.2 Å². The lowest BCUT2D eigenvalue weighted by molar-refractivity contribution is -0.0137. The van der Waals surface area contributed by atoms with Gasteiger partial charge in [-0.1, -0.05) is 41.8 Å². The molecule has 2 unspecified atom stereocenters. The van der Waals surface area contributed by atoms with E-state index < -0.39 is 5.60 Å². The molecule has 2 fully saturated rings. The van der Waals surface area contributed by atoms with Crippen molar-refractivity contribution in [1.82, 2.24) is 4.90 Å². The van der Waals surface area contributed by atoms with Gasteiger partial charge in [-0.2, -0.15) is 0 Å². The lowest BCUT2D eigenvalue weighted by Gasteiger charge is -2.38. The second kappa shape index (κ2) is 4.68. The third-order valence-electron chi connectivity index (χ3n) is 4.36. The summed E-state index contributed by atoms with van der Waals surface area (Å²) in [4.78, 5) is 2.39. The molecule has 0 bridgehead atoms. The molecule has 1 aromatic carbocycles. The summed E-state index contributed by atoms with van der Waals surface area (Å²) in [6.45, 7) is 2.04. The van der Waals surface area contributed by atoms with Crippen molar-refractivity contribution < 1.29 is 5.11 Å². The van der Waals surface area contributed by atoms with Gasteiger partial charge >= 0.3 is 0 Å². The molecular formula is C14H17Cl2NO. The Balaban J connectivity index is 2.01. The molecule has 2 aliphatic rings. The van der Waals surface area contributed by atoms with Crippen molar-refractivity contribution in [3.63, 3.8) is 0 Å². The van der Waals surface area contributed by atoms with Crippen LogP contribution in [0.2, 0.25) is 10.0 Å². The largest absolute Gasteiger partial charge is 0.383 e. The van der Waals surface area contributed by atoms with Gasteiger partial charge in [0.15, 0.2) is 0 Å². The molecule has 3 rings (SSSR count). The van der Waals surface area contributed by atoms with Crippen molar-refractivity contribution in [3.8, 4) is 0 Å². The Bertz CT molecular complexity index is 465. The fraction of sp³-hybridized carbons (Fsp3) is 0.571. The Morgan fingerprint density at radius 3 is 2.89 bits per heavy atom. The molecule has 0 aliphatic carbocycles. The Labute approximate surface area is 117 Å². The molecule has 18 heavy (non-hydrogen) atoms. The molecule has 98 valence electrons. The van der Waals surface area contributed by atoms with Crippen molar-refractivity contribution in [2.75, 3.05) is 13.1 Å². The lowest BCUT2D eigenvalue weighted by atomic mass is 9.83. The van der Waals surface area contributed by atoms with Gasteiger partial charge in [0.05, 0.1) is 10.0 Å². The molecule has 2 atom stereocenters.